The third-order valence-electron chi connectivity index (χ3n) is 7.78. The highest BCUT2D eigenvalue weighted by Crippen LogP contribution is 2.24. The largest absolute Gasteiger partial charge is 0.490 e. The van der Waals surface area contributed by atoms with Crippen molar-refractivity contribution in [3.8, 4) is 11.5 Å². The molecule has 2 rings (SSSR count). The summed E-state index contributed by atoms with van der Waals surface area (Å²) < 4.78 is 21.9. The molecular weight excluding hydrogens is 572 g/mol. The first-order valence-corrected chi connectivity index (χ1v) is 16.3. The van der Waals surface area contributed by atoms with Gasteiger partial charge in [-0.05, 0) is 106 Å². The number of benzene rings is 2. The number of ether oxygens (including phenoxy) is 4. The molecule has 0 aliphatic rings. The van der Waals surface area contributed by atoms with Crippen molar-refractivity contribution < 1.29 is 38.7 Å². The van der Waals surface area contributed by atoms with Gasteiger partial charge in [0.2, 0.25) is 0 Å². The van der Waals surface area contributed by atoms with Gasteiger partial charge in [-0.3, -0.25) is 4.79 Å². The average molecular weight is 627 g/mol. The van der Waals surface area contributed by atoms with E-state index in [1.807, 2.05) is 18.2 Å². The molecule has 0 radical (unpaired) electrons. The Hall–Kier alpha value is -3.36. The Bertz CT molecular complexity index is 1200. The minimum atomic E-state index is -0.913. The Morgan fingerprint density at radius 1 is 0.733 bits per heavy atom. The first-order chi connectivity index (χ1) is 21.6. The summed E-state index contributed by atoms with van der Waals surface area (Å²) in [6, 6.07) is 12.4. The van der Waals surface area contributed by atoms with Crippen molar-refractivity contribution in [3.05, 3.63) is 70.8 Å². The number of rotatable bonds is 23. The monoisotopic (exact) mass is 626 g/mol. The van der Waals surface area contributed by atoms with Crippen LogP contribution in [0, 0.1) is 12.3 Å². The molecule has 0 fully saturated rings. The van der Waals surface area contributed by atoms with E-state index in [0.29, 0.717) is 0 Å². The lowest BCUT2D eigenvalue weighted by atomic mass is 9.95. The summed E-state index contributed by atoms with van der Waals surface area (Å²) in [6.45, 7) is 11.1. The molecule has 0 saturated heterocycles. The molecule has 2 N–H and O–H groups in total. The second-order valence-corrected chi connectivity index (χ2v) is 12.2. The number of unbranched alkanes of at least 4 members (excludes halogenated alkanes) is 5. The lowest BCUT2D eigenvalue weighted by molar-refractivity contribution is -0.156. The first-order valence-electron chi connectivity index (χ1n) is 16.3. The van der Waals surface area contributed by atoms with Gasteiger partial charge in [0, 0.05) is 0 Å². The third kappa shape index (κ3) is 14.1. The molecular formula is C37H54O8. The van der Waals surface area contributed by atoms with Crippen LogP contribution in [-0.2, 0) is 38.3 Å². The normalized spacial score (nSPS) is 11.2. The Balaban J connectivity index is 1.85. The summed E-state index contributed by atoms with van der Waals surface area (Å²) in [4.78, 5) is 23.6. The van der Waals surface area contributed by atoms with Crippen LogP contribution in [-0.4, -0.2) is 61.8 Å². The van der Waals surface area contributed by atoms with Crippen molar-refractivity contribution in [1.29, 1.82) is 0 Å². The molecule has 0 aliphatic heterocycles. The van der Waals surface area contributed by atoms with Crippen LogP contribution in [0.5, 0.6) is 11.5 Å². The maximum atomic E-state index is 12.0. The second kappa shape index (κ2) is 20.6. The Kier molecular flexibility index (Phi) is 17.3. The van der Waals surface area contributed by atoms with Gasteiger partial charge in [-0.15, -0.1) is 0 Å². The van der Waals surface area contributed by atoms with Gasteiger partial charge < -0.3 is 29.2 Å². The van der Waals surface area contributed by atoms with Crippen LogP contribution < -0.4 is 9.47 Å². The van der Waals surface area contributed by atoms with E-state index in [9.17, 15) is 14.7 Å². The fraction of sp³-hybridized carbons (Fsp3) is 0.568. The van der Waals surface area contributed by atoms with E-state index in [4.69, 9.17) is 24.1 Å². The van der Waals surface area contributed by atoms with Gasteiger partial charge >= 0.3 is 11.9 Å². The van der Waals surface area contributed by atoms with Gasteiger partial charge in [0.05, 0.1) is 24.2 Å². The number of aliphatic hydroxyl groups excluding tert-OH is 2. The average Bonchev–Trinajstić information content (AvgIpc) is 3.04. The van der Waals surface area contributed by atoms with E-state index < -0.39 is 24.0 Å². The van der Waals surface area contributed by atoms with E-state index in [1.165, 1.54) is 47.9 Å². The third-order valence-corrected chi connectivity index (χ3v) is 7.78. The summed E-state index contributed by atoms with van der Waals surface area (Å²) >= 11 is 0. The molecule has 0 bridgehead atoms. The molecule has 2 aromatic carbocycles. The molecule has 8 nitrogen and oxygen atoms in total. The summed E-state index contributed by atoms with van der Waals surface area (Å²) in [5.74, 6) is 0.464. The van der Waals surface area contributed by atoms with Gasteiger partial charge in [0.15, 0.2) is 0 Å². The SMILES string of the molecule is C=C(CO)C(=O)OCCOc1ccc(CCCCc2ccc(OCCOC(=O)C(C)(C)CO)cc2C)c(CCCCCCC)c1. The van der Waals surface area contributed by atoms with E-state index in [1.54, 1.807) is 13.8 Å². The molecule has 0 saturated carbocycles. The number of hydrogen-bond donors (Lipinski definition) is 2. The van der Waals surface area contributed by atoms with Gasteiger partial charge in [-0.1, -0.05) is 51.3 Å². The van der Waals surface area contributed by atoms with Crippen molar-refractivity contribution >= 4 is 11.9 Å². The minimum absolute atomic E-state index is 0.0301. The van der Waals surface area contributed by atoms with E-state index in [2.05, 4.69) is 38.6 Å². The summed E-state index contributed by atoms with van der Waals surface area (Å²) in [5, 5.41) is 18.3. The number of esters is 2. The van der Waals surface area contributed by atoms with E-state index in [-0.39, 0.29) is 38.6 Å². The maximum absolute atomic E-state index is 12.0. The van der Waals surface area contributed by atoms with Gasteiger partial charge in [0.1, 0.15) is 37.9 Å². The van der Waals surface area contributed by atoms with E-state index in [0.717, 1.165) is 50.0 Å². The zero-order valence-corrected chi connectivity index (χ0v) is 27.8. The molecule has 0 aliphatic carbocycles. The second-order valence-electron chi connectivity index (χ2n) is 12.2. The van der Waals surface area contributed by atoms with Crippen molar-refractivity contribution in [3.63, 3.8) is 0 Å². The number of aryl methyl sites for hydroxylation is 4. The molecule has 0 amide bonds. The van der Waals surface area contributed by atoms with Crippen LogP contribution in [0.15, 0.2) is 48.6 Å². The van der Waals surface area contributed by atoms with Gasteiger partial charge in [0.25, 0.3) is 0 Å². The maximum Gasteiger partial charge on any atom is 0.335 e. The van der Waals surface area contributed by atoms with Gasteiger partial charge in [-0.2, -0.15) is 0 Å². The summed E-state index contributed by atoms with van der Waals surface area (Å²) in [5.41, 5.74) is 4.25. The van der Waals surface area contributed by atoms with Crippen LogP contribution >= 0.6 is 0 Å². The van der Waals surface area contributed by atoms with Crippen molar-refractivity contribution in [2.45, 2.75) is 91.9 Å². The fourth-order valence-corrected chi connectivity index (χ4v) is 4.77. The summed E-state index contributed by atoms with van der Waals surface area (Å²) in [6.07, 6.45) is 11.2. The first kappa shape index (κ1) is 37.8. The van der Waals surface area contributed by atoms with Crippen molar-refractivity contribution in [1.82, 2.24) is 0 Å². The molecule has 2 aromatic rings. The lowest BCUT2D eigenvalue weighted by Crippen LogP contribution is -2.31. The number of carbonyl (C=O) groups excluding carboxylic acids is 2. The van der Waals surface area contributed by atoms with Crippen LogP contribution in [0.4, 0.5) is 0 Å². The number of hydrogen-bond acceptors (Lipinski definition) is 8. The highest BCUT2D eigenvalue weighted by Gasteiger charge is 2.28. The van der Waals surface area contributed by atoms with Crippen LogP contribution in [0.1, 0.15) is 88.0 Å². The predicted octanol–water partition coefficient (Wildman–Crippen LogP) is 6.48. The van der Waals surface area contributed by atoms with Gasteiger partial charge in [-0.25, -0.2) is 4.79 Å². The van der Waals surface area contributed by atoms with Crippen molar-refractivity contribution in [2.24, 2.45) is 5.41 Å². The molecule has 0 atom stereocenters. The Labute approximate surface area is 269 Å². The molecule has 0 unspecified atom stereocenters. The molecule has 0 spiro atoms. The highest BCUT2D eigenvalue weighted by molar-refractivity contribution is 5.87. The predicted molar refractivity (Wildman–Crippen MR) is 177 cm³/mol. The fourth-order valence-electron chi connectivity index (χ4n) is 4.77. The Morgan fingerprint density at radius 3 is 1.91 bits per heavy atom. The minimum Gasteiger partial charge on any atom is -0.490 e. The zero-order valence-electron chi connectivity index (χ0n) is 27.8. The number of carbonyl (C=O) groups is 2. The Morgan fingerprint density at radius 2 is 1.29 bits per heavy atom. The molecule has 0 heterocycles. The van der Waals surface area contributed by atoms with Crippen LogP contribution in [0.2, 0.25) is 0 Å². The molecule has 45 heavy (non-hydrogen) atoms. The number of aliphatic hydroxyl groups is 2. The zero-order chi connectivity index (χ0) is 33.1. The molecule has 0 aromatic heterocycles. The standard InChI is InChI=1S/C37H54O8/c1-6-7-8-9-10-15-32-25-34(43-20-22-44-35(40)29(3)26-38)19-17-31(32)14-12-11-13-30-16-18-33(24-28(30)2)42-21-23-45-36(41)37(4,5)27-39/h16-19,24-25,38-39H,3,6-15,20-23,26-27H2,1-2,4-5H3. The topological polar surface area (TPSA) is 112 Å². The smallest absolute Gasteiger partial charge is 0.335 e. The lowest BCUT2D eigenvalue weighted by Gasteiger charge is -2.19. The molecule has 8 heteroatoms. The van der Waals surface area contributed by atoms with Crippen LogP contribution in [0.3, 0.4) is 0 Å². The summed E-state index contributed by atoms with van der Waals surface area (Å²) in [7, 11) is 0. The van der Waals surface area contributed by atoms with Crippen LogP contribution in [0.25, 0.3) is 0 Å². The van der Waals surface area contributed by atoms with E-state index >= 15 is 0 Å². The van der Waals surface area contributed by atoms with Crippen molar-refractivity contribution in [2.75, 3.05) is 39.6 Å². The molecule has 250 valence electrons. The quantitative estimate of drug-likeness (QED) is 0.0819. The highest BCUT2D eigenvalue weighted by atomic mass is 16.6.